The van der Waals surface area contributed by atoms with Crippen molar-refractivity contribution in [1.82, 2.24) is 0 Å². The van der Waals surface area contributed by atoms with E-state index in [0.717, 1.165) is 11.3 Å². The summed E-state index contributed by atoms with van der Waals surface area (Å²) in [6.07, 6.45) is 0.188. The number of amides is 2. The zero-order valence-corrected chi connectivity index (χ0v) is 15.5. The van der Waals surface area contributed by atoms with Crippen molar-refractivity contribution in [1.29, 1.82) is 0 Å². The van der Waals surface area contributed by atoms with E-state index in [0.29, 0.717) is 22.3 Å². The van der Waals surface area contributed by atoms with E-state index in [-0.39, 0.29) is 18.2 Å². The van der Waals surface area contributed by atoms with Gasteiger partial charge >= 0.3 is 0 Å². The molecule has 3 rings (SSSR count). The molecular weight excluding hydrogens is 359 g/mol. The molecule has 1 aliphatic rings. The van der Waals surface area contributed by atoms with Crippen LogP contribution in [0, 0.1) is 19.8 Å². The van der Waals surface area contributed by atoms with Crippen LogP contribution in [0.5, 0.6) is 0 Å². The molecule has 1 saturated heterocycles. The topological polar surface area (TPSA) is 49.4 Å². The summed E-state index contributed by atoms with van der Waals surface area (Å²) in [6, 6.07) is 10.7. The fourth-order valence-electron chi connectivity index (χ4n) is 2.90. The van der Waals surface area contributed by atoms with Crippen LogP contribution in [0.25, 0.3) is 0 Å². The minimum Gasteiger partial charge on any atom is -0.326 e. The molecule has 1 N–H and O–H groups in total. The van der Waals surface area contributed by atoms with Gasteiger partial charge in [0.1, 0.15) is 0 Å². The van der Waals surface area contributed by atoms with E-state index in [1.165, 1.54) is 5.56 Å². The Morgan fingerprint density at radius 1 is 1.08 bits per heavy atom. The van der Waals surface area contributed by atoms with E-state index in [2.05, 4.69) is 5.32 Å². The van der Waals surface area contributed by atoms with Gasteiger partial charge in [0.2, 0.25) is 11.8 Å². The highest BCUT2D eigenvalue weighted by molar-refractivity contribution is 6.35. The van der Waals surface area contributed by atoms with E-state index < -0.39 is 5.92 Å². The van der Waals surface area contributed by atoms with Crippen molar-refractivity contribution < 1.29 is 9.59 Å². The largest absolute Gasteiger partial charge is 0.326 e. The maximum atomic E-state index is 12.5. The molecule has 4 nitrogen and oxygen atoms in total. The SMILES string of the molecule is Cc1ccc(N2CC(C(=O)Nc3cc(Cl)cc(Cl)c3)CC2=O)cc1C. The molecule has 2 amide bonds. The Morgan fingerprint density at radius 3 is 2.40 bits per heavy atom. The van der Waals surface area contributed by atoms with Crippen molar-refractivity contribution in [2.75, 3.05) is 16.8 Å². The molecule has 0 saturated carbocycles. The molecule has 1 heterocycles. The highest BCUT2D eigenvalue weighted by Gasteiger charge is 2.35. The predicted molar refractivity (Wildman–Crippen MR) is 101 cm³/mol. The third-order valence-corrected chi connectivity index (χ3v) is 4.86. The third kappa shape index (κ3) is 3.97. The van der Waals surface area contributed by atoms with Crippen molar-refractivity contribution in [3.8, 4) is 0 Å². The van der Waals surface area contributed by atoms with Gasteiger partial charge in [-0.05, 0) is 55.3 Å². The number of anilines is 2. The maximum absolute atomic E-state index is 12.5. The minimum atomic E-state index is -0.410. The van der Waals surface area contributed by atoms with Gasteiger partial charge in [-0.1, -0.05) is 29.3 Å². The van der Waals surface area contributed by atoms with Gasteiger partial charge in [-0.25, -0.2) is 0 Å². The van der Waals surface area contributed by atoms with Crippen molar-refractivity contribution in [2.24, 2.45) is 5.92 Å². The fraction of sp³-hybridized carbons (Fsp3) is 0.263. The molecule has 1 atom stereocenters. The number of benzene rings is 2. The lowest BCUT2D eigenvalue weighted by Crippen LogP contribution is -2.28. The summed E-state index contributed by atoms with van der Waals surface area (Å²) in [7, 11) is 0. The van der Waals surface area contributed by atoms with Crippen LogP contribution in [-0.2, 0) is 9.59 Å². The molecule has 130 valence electrons. The summed E-state index contributed by atoms with van der Waals surface area (Å²) in [6.45, 7) is 4.39. The quantitative estimate of drug-likeness (QED) is 0.850. The molecule has 2 aromatic rings. The lowest BCUT2D eigenvalue weighted by molar-refractivity contribution is -0.122. The molecule has 0 aromatic heterocycles. The molecule has 1 fully saturated rings. The second-order valence-electron chi connectivity index (χ2n) is 6.32. The predicted octanol–water partition coefficient (Wildman–Crippen LogP) is 4.60. The van der Waals surface area contributed by atoms with Crippen molar-refractivity contribution in [2.45, 2.75) is 20.3 Å². The van der Waals surface area contributed by atoms with Crippen LogP contribution in [0.3, 0.4) is 0 Å². The van der Waals surface area contributed by atoms with Gasteiger partial charge in [-0.15, -0.1) is 0 Å². The van der Waals surface area contributed by atoms with Crippen LogP contribution in [0.2, 0.25) is 10.0 Å². The first kappa shape index (κ1) is 17.8. The molecule has 0 bridgehead atoms. The number of carbonyl (C=O) groups is 2. The summed E-state index contributed by atoms with van der Waals surface area (Å²) in [5, 5.41) is 3.68. The van der Waals surface area contributed by atoms with Crippen LogP contribution in [-0.4, -0.2) is 18.4 Å². The second-order valence-corrected chi connectivity index (χ2v) is 7.19. The first-order chi connectivity index (χ1) is 11.8. The van der Waals surface area contributed by atoms with Gasteiger partial charge in [0, 0.05) is 34.4 Å². The summed E-state index contributed by atoms with van der Waals surface area (Å²) in [5.74, 6) is -0.669. The minimum absolute atomic E-state index is 0.0486. The Morgan fingerprint density at radius 2 is 1.76 bits per heavy atom. The van der Waals surface area contributed by atoms with Crippen LogP contribution < -0.4 is 10.2 Å². The first-order valence-corrected chi connectivity index (χ1v) is 8.73. The molecule has 1 aliphatic heterocycles. The third-order valence-electron chi connectivity index (χ3n) is 4.43. The number of carbonyl (C=O) groups excluding carboxylic acids is 2. The zero-order chi connectivity index (χ0) is 18.1. The monoisotopic (exact) mass is 376 g/mol. The lowest BCUT2D eigenvalue weighted by Gasteiger charge is -2.18. The maximum Gasteiger partial charge on any atom is 0.229 e. The van der Waals surface area contributed by atoms with E-state index >= 15 is 0 Å². The van der Waals surface area contributed by atoms with Crippen molar-refractivity contribution in [3.63, 3.8) is 0 Å². The van der Waals surface area contributed by atoms with Crippen molar-refractivity contribution in [3.05, 3.63) is 57.6 Å². The van der Waals surface area contributed by atoms with E-state index in [1.807, 2.05) is 32.0 Å². The van der Waals surface area contributed by atoms with Gasteiger partial charge in [-0.3, -0.25) is 9.59 Å². The summed E-state index contributed by atoms with van der Waals surface area (Å²) in [5.41, 5.74) is 3.64. The molecule has 0 aliphatic carbocycles. The van der Waals surface area contributed by atoms with Gasteiger partial charge in [0.05, 0.1) is 5.92 Å². The molecule has 0 spiro atoms. The summed E-state index contributed by atoms with van der Waals surface area (Å²) in [4.78, 5) is 26.5. The summed E-state index contributed by atoms with van der Waals surface area (Å²) < 4.78 is 0. The van der Waals surface area contributed by atoms with E-state index in [1.54, 1.807) is 23.1 Å². The summed E-state index contributed by atoms with van der Waals surface area (Å²) >= 11 is 11.9. The molecule has 25 heavy (non-hydrogen) atoms. The Labute approximate surface area is 156 Å². The number of rotatable bonds is 3. The molecule has 2 aromatic carbocycles. The average Bonchev–Trinajstić information content (AvgIpc) is 2.91. The van der Waals surface area contributed by atoms with E-state index in [9.17, 15) is 9.59 Å². The van der Waals surface area contributed by atoms with Gasteiger partial charge in [-0.2, -0.15) is 0 Å². The molecule has 0 radical (unpaired) electrons. The van der Waals surface area contributed by atoms with E-state index in [4.69, 9.17) is 23.2 Å². The molecule has 1 unspecified atom stereocenters. The van der Waals surface area contributed by atoms with Crippen LogP contribution in [0.4, 0.5) is 11.4 Å². The average molecular weight is 377 g/mol. The zero-order valence-electron chi connectivity index (χ0n) is 14.0. The molecule has 6 heteroatoms. The fourth-order valence-corrected chi connectivity index (χ4v) is 3.42. The Hall–Kier alpha value is -2.04. The number of hydrogen-bond donors (Lipinski definition) is 1. The lowest BCUT2D eigenvalue weighted by atomic mass is 10.1. The molecular formula is C19H18Cl2N2O2. The van der Waals surface area contributed by atoms with Gasteiger partial charge in [0.15, 0.2) is 0 Å². The Kier molecular flexibility index (Phi) is 5.02. The number of halogens is 2. The Bertz CT molecular complexity index is 831. The first-order valence-electron chi connectivity index (χ1n) is 7.98. The number of nitrogens with zero attached hydrogens (tertiary/aromatic N) is 1. The number of aryl methyl sites for hydroxylation is 2. The normalized spacial score (nSPS) is 17.0. The van der Waals surface area contributed by atoms with Crippen molar-refractivity contribution >= 4 is 46.4 Å². The highest BCUT2D eigenvalue weighted by atomic mass is 35.5. The van der Waals surface area contributed by atoms with Crippen LogP contribution in [0.15, 0.2) is 36.4 Å². The van der Waals surface area contributed by atoms with Gasteiger partial charge in [0.25, 0.3) is 0 Å². The number of nitrogens with one attached hydrogen (secondary N) is 1. The number of hydrogen-bond acceptors (Lipinski definition) is 2. The Balaban J connectivity index is 1.73. The van der Waals surface area contributed by atoms with Crippen LogP contribution in [0.1, 0.15) is 17.5 Å². The highest BCUT2D eigenvalue weighted by Crippen LogP contribution is 2.28. The van der Waals surface area contributed by atoms with Gasteiger partial charge < -0.3 is 10.2 Å². The second kappa shape index (κ2) is 7.06. The van der Waals surface area contributed by atoms with Crippen LogP contribution >= 0.6 is 23.2 Å². The standard InChI is InChI=1S/C19H18Cl2N2O2/c1-11-3-4-17(5-12(11)2)23-10-13(6-18(23)24)19(25)22-16-8-14(20)7-15(21)9-16/h3-5,7-9,13H,6,10H2,1-2H3,(H,22,25). The smallest absolute Gasteiger partial charge is 0.229 e.